The van der Waals surface area contributed by atoms with Crippen molar-refractivity contribution in [1.29, 1.82) is 0 Å². The molecular weight excluding hydrogens is 256 g/mol. The Morgan fingerprint density at radius 2 is 2.10 bits per heavy atom. The number of hydrogen-bond donors (Lipinski definition) is 1. The predicted octanol–water partition coefficient (Wildman–Crippen LogP) is 5.09. The quantitative estimate of drug-likeness (QED) is 0.602. The van der Waals surface area contributed by atoms with Crippen LogP contribution in [0.25, 0.3) is 0 Å². The van der Waals surface area contributed by atoms with Crippen LogP contribution in [0.2, 0.25) is 0 Å². The highest BCUT2D eigenvalue weighted by molar-refractivity contribution is 6.06. The van der Waals surface area contributed by atoms with Gasteiger partial charge in [0.2, 0.25) is 0 Å². The first-order valence-corrected chi connectivity index (χ1v) is 7.72. The molecule has 1 saturated carbocycles. The maximum atomic E-state index is 4.51. The van der Waals surface area contributed by atoms with Crippen molar-refractivity contribution in [3.63, 3.8) is 0 Å². The minimum absolute atomic E-state index is 0.214. The molecule has 1 aromatic rings. The molecule has 1 N–H and O–H groups in total. The first-order chi connectivity index (χ1) is 10.3. The molecule has 1 unspecified atom stereocenters. The normalized spacial score (nSPS) is 26.1. The van der Waals surface area contributed by atoms with Crippen LogP contribution in [0.3, 0.4) is 0 Å². The lowest BCUT2D eigenvalue weighted by molar-refractivity contribution is 0.351. The highest BCUT2D eigenvalue weighted by Crippen LogP contribution is 2.46. The molecule has 2 aliphatic rings. The molecule has 2 nitrogen and oxygen atoms in total. The predicted molar refractivity (Wildman–Crippen MR) is 90.4 cm³/mol. The lowest BCUT2D eigenvalue weighted by atomic mass is 9.66. The Kier molecular flexibility index (Phi) is 4.05. The summed E-state index contributed by atoms with van der Waals surface area (Å²) in [5.74, 6) is 0. The van der Waals surface area contributed by atoms with Crippen molar-refractivity contribution >= 4 is 11.4 Å². The van der Waals surface area contributed by atoms with Crippen molar-refractivity contribution in [1.82, 2.24) is 0 Å². The van der Waals surface area contributed by atoms with Gasteiger partial charge < -0.3 is 0 Å². The topological polar surface area (TPSA) is 24.4 Å². The third kappa shape index (κ3) is 2.99. The maximum Gasteiger partial charge on any atom is 0.0830 e. The zero-order valence-corrected chi connectivity index (χ0v) is 12.4. The Balaban J connectivity index is 1.79. The van der Waals surface area contributed by atoms with Crippen LogP contribution < -0.4 is 5.43 Å². The number of nitrogens with zero attached hydrogens (tertiary/aromatic N) is 1. The van der Waals surface area contributed by atoms with Crippen molar-refractivity contribution in [3.8, 4) is 0 Å². The van der Waals surface area contributed by atoms with Gasteiger partial charge in [-0.1, -0.05) is 42.3 Å². The van der Waals surface area contributed by atoms with E-state index < -0.39 is 0 Å². The van der Waals surface area contributed by atoms with Crippen molar-refractivity contribution in [3.05, 3.63) is 66.8 Å². The second-order valence-electron chi connectivity index (χ2n) is 5.87. The molecule has 0 radical (unpaired) electrons. The fraction of sp³-hybridized carbons (Fsp3) is 0.316. The minimum Gasteiger partial charge on any atom is -0.278 e. The molecule has 2 heteroatoms. The average molecular weight is 278 g/mol. The molecule has 2 aliphatic carbocycles. The monoisotopic (exact) mass is 278 g/mol. The molecule has 0 aliphatic heterocycles. The van der Waals surface area contributed by atoms with E-state index in [4.69, 9.17) is 0 Å². The summed E-state index contributed by atoms with van der Waals surface area (Å²) in [6, 6.07) is 10.1. The molecule has 0 bridgehead atoms. The number of nitrogens with one attached hydrogen (secondary N) is 1. The molecule has 0 amide bonds. The van der Waals surface area contributed by atoms with Gasteiger partial charge in [0.15, 0.2) is 0 Å². The summed E-state index contributed by atoms with van der Waals surface area (Å²) in [5.41, 5.74) is 6.89. The van der Waals surface area contributed by atoms with Gasteiger partial charge in [-0.15, -0.1) is 6.58 Å². The highest BCUT2D eigenvalue weighted by Gasteiger charge is 2.34. The first kappa shape index (κ1) is 13.9. The minimum atomic E-state index is 0.214. The van der Waals surface area contributed by atoms with Crippen LogP contribution in [0.5, 0.6) is 0 Å². The summed E-state index contributed by atoms with van der Waals surface area (Å²) in [4.78, 5) is 0. The number of fused-ring (bicyclic) bond motifs is 1. The molecule has 108 valence electrons. The number of rotatable bonds is 4. The zero-order chi connectivity index (χ0) is 14.5. The van der Waals surface area contributed by atoms with Gasteiger partial charge >= 0.3 is 0 Å². The first-order valence-electron chi connectivity index (χ1n) is 7.72. The van der Waals surface area contributed by atoms with Crippen molar-refractivity contribution < 1.29 is 0 Å². The molecule has 0 spiro atoms. The fourth-order valence-electron chi connectivity index (χ4n) is 3.31. The number of para-hydroxylation sites is 1. The zero-order valence-electron chi connectivity index (χ0n) is 12.4. The molecule has 1 fully saturated rings. The number of allylic oxidation sites excluding steroid dienone is 5. The Hall–Kier alpha value is -2.09. The number of hydrogen-bond acceptors (Lipinski definition) is 2. The van der Waals surface area contributed by atoms with Gasteiger partial charge in [-0.2, -0.15) is 5.10 Å². The van der Waals surface area contributed by atoms with Gasteiger partial charge in [0.05, 0.1) is 11.4 Å². The van der Waals surface area contributed by atoms with Gasteiger partial charge in [0, 0.05) is 5.41 Å². The van der Waals surface area contributed by atoms with E-state index in [1.807, 2.05) is 36.4 Å². The average Bonchev–Trinajstić information content (AvgIpc) is 2.54. The molecule has 3 rings (SSSR count). The second kappa shape index (κ2) is 6.13. The van der Waals surface area contributed by atoms with E-state index in [2.05, 4.69) is 35.3 Å². The maximum absolute atomic E-state index is 4.51. The van der Waals surface area contributed by atoms with Gasteiger partial charge in [-0.3, -0.25) is 5.43 Å². The van der Waals surface area contributed by atoms with Gasteiger partial charge in [-0.05, 0) is 50.0 Å². The SMILES string of the molecule is C=CCC12C=CC(=NNc3ccccc3)C=C1CCCC2. The van der Waals surface area contributed by atoms with Crippen LogP contribution in [-0.4, -0.2) is 5.71 Å². The van der Waals surface area contributed by atoms with Crippen LogP contribution in [0, 0.1) is 5.41 Å². The van der Waals surface area contributed by atoms with Gasteiger partial charge in [-0.25, -0.2) is 0 Å². The number of hydrazone groups is 1. The summed E-state index contributed by atoms with van der Waals surface area (Å²) < 4.78 is 0. The van der Waals surface area contributed by atoms with E-state index >= 15 is 0 Å². The van der Waals surface area contributed by atoms with Crippen LogP contribution in [0.1, 0.15) is 32.1 Å². The van der Waals surface area contributed by atoms with E-state index in [-0.39, 0.29) is 5.41 Å². The Labute approximate surface area is 127 Å². The summed E-state index contributed by atoms with van der Waals surface area (Å²) >= 11 is 0. The van der Waals surface area contributed by atoms with E-state index in [9.17, 15) is 0 Å². The van der Waals surface area contributed by atoms with Crippen molar-refractivity contribution in [2.24, 2.45) is 10.5 Å². The Morgan fingerprint density at radius 3 is 2.90 bits per heavy atom. The number of benzene rings is 1. The molecule has 1 aromatic carbocycles. The molecule has 21 heavy (non-hydrogen) atoms. The Morgan fingerprint density at radius 1 is 1.24 bits per heavy atom. The molecule has 1 atom stereocenters. The van der Waals surface area contributed by atoms with Gasteiger partial charge in [0.1, 0.15) is 0 Å². The summed E-state index contributed by atoms with van der Waals surface area (Å²) in [6.07, 6.45) is 14.9. The van der Waals surface area contributed by atoms with Crippen molar-refractivity contribution in [2.75, 3.05) is 5.43 Å². The Bertz CT molecular complexity index is 595. The lowest BCUT2D eigenvalue weighted by Gasteiger charge is -2.38. The van der Waals surface area contributed by atoms with E-state index in [0.717, 1.165) is 17.8 Å². The third-order valence-corrected chi connectivity index (χ3v) is 4.45. The van der Waals surface area contributed by atoms with Crippen molar-refractivity contribution in [2.45, 2.75) is 32.1 Å². The van der Waals surface area contributed by atoms with Crippen LogP contribution in [0.15, 0.2) is 71.9 Å². The second-order valence-corrected chi connectivity index (χ2v) is 5.87. The van der Waals surface area contributed by atoms with E-state index in [1.165, 1.54) is 31.3 Å². The highest BCUT2D eigenvalue weighted by atomic mass is 15.3. The van der Waals surface area contributed by atoms with E-state index in [1.54, 1.807) is 0 Å². The van der Waals surface area contributed by atoms with Crippen LogP contribution in [-0.2, 0) is 0 Å². The lowest BCUT2D eigenvalue weighted by Crippen LogP contribution is -2.27. The summed E-state index contributed by atoms with van der Waals surface area (Å²) in [7, 11) is 0. The van der Waals surface area contributed by atoms with Gasteiger partial charge in [0.25, 0.3) is 0 Å². The smallest absolute Gasteiger partial charge is 0.0830 e. The standard InChI is InChI=1S/C19H22N2/c1-2-12-19-13-7-6-8-16(19)15-18(11-14-19)21-20-17-9-4-3-5-10-17/h2-5,9-11,14-15,20H,1,6-8,12-13H2. The summed E-state index contributed by atoms with van der Waals surface area (Å²) in [5, 5.41) is 4.51. The third-order valence-electron chi connectivity index (χ3n) is 4.45. The summed E-state index contributed by atoms with van der Waals surface area (Å²) in [6.45, 7) is 3.93. The molecule has 0 heterocycles. The molecule has 0 aromatic heterocycles. The number of anilines is 1. The fourth-order valence-corrected chi connectivity index (χ4v) is 3.31. The largest absolute Gasteiger partial charge is 0.278 e. The van der Waals surface area contributed by atoms with E-state index in [0.29, 0.717) is 0 Å². The molecule has 0 saturated heterocycles. The molecular formula is C19H22N2. The van der Waals surface area contributed by atoms with Crippen LogP contribution >= 0.6 is 0 Å². The van der Waals surface area contributed by atoms with Crippen LogP contribution in [0.4, 0.5) is 5.69 Å².